The van der Waals surface area contributed by atoms with Crippen molar-refractivity contribution in [3.8, 4) is 0 Å². The van der Waals surface area contributed by atoms with E-state index in [2.05, 4.69) is 5.32 Å². The number of aryl methyl sites for hydroxylation is 2. The first-order valence-corrected chi connectivity index (χ1v) is 6.44. The Hall–Kier alpha value is -2.37. The molecule has 0 aliphatic rings. The molecule has 0 aliphatic heterocycles. The lowest BCUT2D eigenvalue weighted by Crippen LogP contribution is -2.15. The lowest BCUT2D eigenvalue weighted by atomic mass is 10.0. The van der Waals surface area contributed by atoms with Crippen molar-refractivity contribution in [2.24, 2.45) is 0 Å². The van der Waals surface area contributed by atoms with Crippen LogP contribution in [-0.2, 0) is 6.18 Å². The largest absolute Gasteiger partial charge is 0.419 e. The number of amides is 1. The van der Waals surface area contributed by atoms with E-state index in [0.717, 1.165) is 11.6 Å². The van der Waals surface area contributed by atoms with Crippen molar-refractivity contribution in [1.82, 2.24) is 0 Å². The molecule has 0 atom stereocenters. The first-order chi connectivity index (χ1) is 10.2. The summed E-state index contributed by atoms with van der Waals surface area (Å²) < 4.78 is 51.1. The van der Waals surface area contributed by atoms with Crippen LogP contribution < -0.4 is 5.32 Å². The SMILES string of the molecule is Cc1ccc(C(=O)Nc2ccc(F)c(C(F)(F)F)c2)c(C)c1. The highest BCUT2D eigenvalue weighted by Gasteiger charge is 2.34. The molecule has 0 spiro atoms. The van der Waals surface area contributed by atoms with Crippen LogP contribution in [0, 0.1) is 19.7 Å². The summed E-state index contributed by atoms with van der Waals surface area (Å²) in [6, 6.07) is 7.46. The van der Waals surface area contributed by atoms with Gasteiger partial charge < -0.3 is 5.32 Å². The number of carbonyl (C=O) groups excluding carboxylic acids is 1. The fourth-order valence-corrected chi connectivity index (χ4v) is 2.09. The van der Waals surface area contributed by atoms with Crippen molar-refractivity contribution in [3.63, 3.8) is 0 Å². The van der Waals surface area contributed by atoms with E-state index in [0.29, 0.717) is 23.3 Å². The molecule has 0 bridgehead atoms. The molecule has 2 rings (SSSR count). The summed E-state index contributed by atoms with van der Waals surface area (Å²) >= 11 is 0. The van der Waals surface area contributed by atoms with Crippen molar-refractivity contribution < 1.29 is 22.4 Å². The zero-order chi connectivity index (χ0) is 16.5. The van der Waals surface area contributed by atoms with Gasteiger partial charge >= 0.3 is 6.18 Å². The maximum atomic E-state index is 13.2. The van der Waals surface area contributed by atoms with Crippen molar-refractivity contribution >= 4 is 11.6 Å². The summed E-state index contributed by atoms with van der Waals surface area (Å²) in [5.74, 6) is -1.92. The summed E-state index contributed by atoms with van der Waals surface area (Å²) in [7, 11) is 0. The van der Waals surface area contributed by atoms with Crippen LogP contribution >= 0.6 is 0 Å². The van der Waals surface area contributed by atoms with Crippen LogP contribution in [-0.4, -0.2) is 5.91 Å². The number of alkyl halides is 3. The van der Waals surface area contributed by atoms with Gasteiger partial charge in [0, 0.05) is 11.3 Å². The Morgan fingerprint density at radius 3 is 2.32 bits per heavy atom. The third kappa shape index (κ3) is 3.44. The molecule has 1 N–H and O–H groups in total. The van der Waals surface area contributed by atoms with Crippen LogP contribution in [0.25, 0.3) is 0 Å². The van der Waals surface area contributed by atoms with Crippen molar-refractivity contribution in [2.45, 2.75) is 20.0 Å². The van der Waals surface area contributed by atoms with E-state index in [1.165, 1.54) is 0 Å². The van der Waals surface area contributed by atoms with E-state index in [1.54, 1.807) is 25.1 Å². The minimum absolute atomic E-state index is 0.112. The van der Waals surface area contributed by atoms with Gasteiger partial charge in [-0.05, 0) is 43.7 Å². The summed E-state index contributed by atoms with van der Waals surface area (Å²) in [4.78, 5) is 12.1. The number of halogens is 4. The minimum Gasteiger partial charge on any atom is -0.322 e. The Kier molecular flexibility index (Phi) is 4.21. The predicted molar refractivity (Wildman–Crippen MR) is 75.3 cm³/mol. The van der Waals surface area contributed by atoms with E-state index in [9.17, 15) is 22.4 Å². The Labute approximate surface area is 124 Å². The van der Waals surface area contributed by atoms with E-state index in [1.807, 2.05) is 6.92 Å². The zero-order valence-electron chi connectivity index (χ0n) is 11.9. The third-order valence-corrected chi connectivity index (χ3v) is 3.16. The normalized spacial score (nSPS) is 11.4. The van der Waals surface area contributed by atoms with E-state index in [-0.39, 0.29) is 5.69 Å². The zero-order valence-corrected chi connectivity index (χ0v) is 11.9. The van der Waals surface area contributed by atoms with Gasteiger partial charge in [-0.25, -0.2) is 4.39 Å². The average molecular weight is 311 g/mol. The second-order valence-corrected chi connectivity index (χ2v) is 4.96. The minimum atomic E-state index is -4.81. The van der Waals surface area contributed by atoms with Crippen LogP contribution in [0.4, 0.5) is 23.2 Å². The molecule has 0 aliphatic carbocycles. The molecular formula is C16H13F4NO. The summed E-state index contributed by atoms with van der Waals surface area (Å²) in [6.07, 6.45) is -4.81. The highest BCUT2D eigenvalue weighted by Crippen LogP contribution is 2.33. The van der Waals surface area contributed by atoms with Gasteiger partial charge in [-0.3, -0.25) is 4.79 Å². The number of benzene rings is 2. The number of hydrogen-bond donors (Lipinski definition) is 1. The van der Waals surface area contributed by atoms with Crippen LogP contribution in [0.3, 0.4) is 0 Å². The van der Waals surface area contributed by atoms with Gasteiger partial charge in [0.2, 0.25) is 0 Å². The number of carbonyl (C=O) groups is 1. The monoisotopic (exact) mass is 311 g/mol. The third-order valence-electron chi connectivity index (χ3n) is 3.16. The Morgan fingerprint density at radius 2 is 1.73 bits per heavy atom. The number of anilines is 1. The molecule has 116 valence electrons. The van der Waals surface area contributed by atoms with Crippen molar-refractivity contribution in [2.75, 3.05) is 5.32 Å². The number of hydrogen-bond acceptors (Lipinski definition) is 1. The van der Waals surface area contributed by atoms with E-state index in [4.69, 9.17) is 0 Å². The first kappa shape index (κ1) is 16.0. The van der Waals surface area contributed by atoms with Crippen molar-refractivity contribution in [1.29, 1.82) is 0 Å². The highest BCUT2D eigenvalue weighted by atomic mass is 19.4. The van der Waals surface area contributed by atoms with Crippen molar-refractivity contribution in [3.05, 3.63) is 64.5 Å². The molecule has 0 fully saturated rings. The molecule has 22 heavy (non-hydrogen) atoms. The van der Waals surface area contributed by atoms with Gasteiger partial charge in [0.1, 0.15) is 5.82 Å². The fourth-order valence-electron chi connectivity index (χ4n) is 2.09. The Bertz CT molecular complexity index is 723. The Balaban J connectivity index is 2.29. The van der Waals surface area contributed by atoms with Gasteiger partial charge in [0.15, 0.2) is 0 Å². The summed E-state index contributed by atoms with van der Waals surface area (Å²) in [6.45, 7) is 3.60. The van der Waals surface area contributed by atoms with Crippen LogP contribution in [0.5, 0.6) is 0 Å². The van der Waals surface area contributed by atoms with E-state index >= 15 is 0 Å². The summed E-state index contributed by atoms with van der Waals surface area (Å²) in [5, 5.41) is 2.35. The maximum Gasteiger partial charge on any atom is 0.419 e. The first-order valence-electron chi connectivity index (χ1n) is 6.44. The molecule has 2 aromatic rings. The van der Waals surface area contributed by atoms with Gasteiger partial charge in [-0.1, -0.05) is 17.7 Å². The van der Waals surface area contributed by atoms with Crippen LogP contribution in [0.15, 0.2) is 36.4 Å². The molecule has 6 heteroatoms. The molecule has 0 saturated heterocycles. The highest BCUT2D eigenvalue weighted by molar-refractivity contribution is 6.05. The summed E-state index contributed by atoms with van der Waals surface area (Å²) in [5.41, 5.74) is 0.499. The smallest absolute Gasteiger partial charge is 0.322 e. The van der Waals surface area contributed by atoms with Gasteiger partial charge in [0.05, 0.1) is 5.56 Å². The second kappa shape index (κ2) is 5.79. The van der Waals surface area contributed by atoms with Gasteiger partial charge in [-0.15, -0.1) is 0 Å². The lowest BCUT2D eigenvalue weighted by Gasteiger charge is -2.12. The molecular weight excluding hydrogens is 298 g/mol. The molecule has 2 nitrogen and oxygen atoms in total. The van der Waals surface area contributed by atoms with Gasteiger partial charge in [0.25, 0.3) is 5.91 Å². The molecule has 0 saturated carbocycles. The molecule has 1 amide bonds. The number of rotatable bonds is 2. The molecule has 2 aromatic carbocycles. The second-order valence-electron chi connectivity index (χ2n) is 4.96. The molecule has 0 heterocycles. The predicted octanol–water partition coefficient (Wildman–Crippen LogP) is 4.71. The fraction of sp³-hybridized carbons (Fsp3) is 0.188. The lowest BCUT2D eigenvalue weighted by molar-refractivity contribution is -0.139. The molecule has 0 aromatic heterocycles. The molecule has 0 unspecified atom stereocenters. The standard InChI is InChI=1S/C16H13F4NO/c1-9-3-5-12(10(2)7-9)15(22)21-11-4-6-14(17)13(8-11)16(18,19)20/h3-8H,1-2H3,(H,21,22). The Morgan fingerprint density at radius 1 is 1.05 bits per heavy atom. The number of nitrogens with one attached hydrogen (secondary N) is 1. The maximum absolute atomic E-state index is 13.2. The average Bonchev–Trinajstić information content (AvgIpc) is 2.39. The van der Waals surface area contributed by atoms with Gasteiger partial charge in [-0.2, -0.15) is 13.2 Å². The van der Waals surface area contributed by atoms with Crippen LogP contribution in [0.2, 0.25) is 0 Å². The quantitative estimate of drug-likeness (QED) is 0.799. The van der Waals surface area contributed by atoms with Crippen LogP contribution in [0.1, 0.15) is 27.0 Å². The topological polar surface area (TPSA) is 29.1 Å². The molecule has 0 radical (unpaired) electrons. The van der Waals surface area contributed by atoms with E-state index < -0.39 is 23.5 Å².